The van der Waals surface area contributed by atoms with Gasteiger partial charge in [-0.3, -0.25) is 0 Å². The molecule has 0 radical (unpaired) electrons. The number of hydrogen-bond donors (Lipinski definition) is 1. The van der Waals surface area contributed by atoms with Crippen molar-refractivity contribution in [3.05, 3.63) is 59.9 Å². The highest BCUT2D eigenvalue weighted by molar-refractivity contribution is 5.79. The van der Waals surface area contributed by atoms with Crippen molar-refractivity contribution in [2.45, 2.75) is 19.4 Å². The van der Waals surface area contributed by atoms with E-state index in [1.54, 1.807) is 6.07 Å². The van der Waals surface area contributed by atoms with Crippen molar-refractivity contribution in [2.24, 2.45) is 5.92 Å². The predicted molar refractivity (Wildman–Crippen MR) is 97.3 cm³/mol. The van der Waals surface area contributed by atoms with Gasteiger partial charge in [-0.05, 0) is 37.0 Å². The summed E-state index contributed by atoms with van der Waals surface area (Å²) in [4.78, 5) is 7.04. The van der Waals surface area contributed by atoms with E-state index in [0.717, 1.165) is 42.9 Å². The van der Waals surface area contributed by atoms with Crippen LogP contribution in [0.1, 0.15) is 18.4 Å². The number of fused-ring (bicyclic) bond motifs is 1. The number of piperidine rings is 1. The van der Waals surface area contributed by atoms with Crippen LogP contribution in [0.25, 0.3) is 11.0 Å². The molecule has 1 aromatic heterocycles. The Morgan fingerprint density at radius 1 is 1.12 bits per heavy atom. The lowest BCUT2D eigenvalue weighted by atomic mass is 9.99. The zero-order valence-electron chi connectivity index (χ0n) is 14.1. The Morgan fingerprint density at radius 3 is 2.76 bits per heavy atom. The number of rotatable bonds is 4. The zero-order chi connectivity index (χ0) is 17.2. The SMILES string of the molecule is OC[C@@H]1CCCN(c2nc3ccccc3n2Cc2ccccc2F)C1. The van der Waals surface area contributed by atoms with Gasteiger partial charge >= 0.3 is 0 Å². The first-order chi connectivity index (χ1) is 12.3. The minimum absolute atomic E-state index is 0.196. The molecule has 0 amide bonds. The second kappa shape index (κ2) is 6.84. The summed E-state index contributed by atoms with van der Waals surface area (Å²) in [5.41, 5.74) is 2.58. The summed E-state index contributed by atoms with van der Waals surface area (Å²) in [5.74, 6) is 0.941. The van der Waals surface area contributed by atoms with Crippen LogP contribution in [0.15, 0.2) is 48.5 Å². The number of anilines is 1. The molecule has 0 bridgehead atoms. The maximum absolute atomic E-state index is 14.2. The number of imidazole rings is 1. The van der Waals surface area contributed by atoms with Gasteiger partial charge in [-0.2, -0.15) is 0 Å². The Labute approximate surface area is 146 Å². The number of hydrogen-bond acceptors (Lipinski definition) is 3. The third kappa shape index (κ3) is 3.12. The topological polar surface area (TPSA) is 41.3 Å². The van der Waals surface area contributed by atoms with Crippen LogP contribution in [0.4, 0.5) is 10.3 Å². The molecule has 4 nitrogen and oxygen atoms in total. The fraction of sp³-hybridized carbons (Fsp3) is 0.350. The molecule has 1 aliphatic rings. The van der Waals surface area contributed by atoms with E-state index in [1.165, 1.54) is 6.07 Å². The van der Waals surface area contributed by atoms with Gasteiger partial charge in [-0.1, -0.05) is 30.3 Å². The average molecular weight is 339 g/mol. The van der Waals surface area contributed by atoms with Gasteiger partial charge in [-0.25, -0.2) is 9.37 Å². The van der Waals surface area contributed by atoms with Gasteiger partial charge in [0.2, 0.25) is 5.95 Å². The molecule has 130 valence electrons. The summed E-state index contributed by atoms with van der Waals surface area (Å²) >= 11 is 0. The van der Waals surface area contributed by atoms with Gasteiger partial charge in [0, 0.05) is 25.3 Å². The predicted octanol–water partition coefficient (Wildman–Crippen LogP) is 3.43. The minimum Gasteiger partial charge on any atom is -0.396 e. The first-order valence-electron chi connectivity index (χ1n) is 8.80. The van der Waals surface area contributed by atoms with E-state index < -0.39 is 0 Å². The molecular formula is C20H22FN3O. The Hall–Kier alpha value is -2.40. The molecule has 4 rings (SSSR count). The molecule has 25 heavy (non-hydrogen) atoms. The first-order valence-corrected chi connectivity index (χ1v) is 8.80. The number of nitrogens with zero attached hydrogens (tertiary/aromatic N) is 3. The lowest BCUT2D eigenvalue weighted by Gasteiger charge is -2.33. The van der Waals surface area contributed by atoms with E-state index in [4.69, 9.17) is 4.98 Å². The molecule has 0 unspecified atom stereocenters. The van der Waals surface area contributed by atoms with Gasteiger partial charge in [0.15, 0.2) is 0 Å². The average Bonchev–Trinajstić information content (AvgIpc) is 3.02. The fourth-order valence-electron chi connectivity index (χ4n) is 3.65. The summed E-state index contributed by atoms with van der Waals surface area (Å²) < 4.78 is 16.3. The van der Waals surface area contributed by atoms with E-state index in [1.807, 2.05) is 36.4 Å². The van der Waals surface area contributed by atoms with Crippen LogP contribution in [0.2, 0.25) is 0 Å². The van der Waals surface area contributed by atoms with Crippen molar-refractivity contribution in [3.63, 3.8) is 0 Å². The summed E-state index contributed by atoms with van der Waals surface area (Å²) in [6.45, 7) is 2.35. The summed E-state index contributed by atoms with van der Waals surface area (Å²) in [5, 5.41) is 9.53. The first kappa shape index (κ1) is 16.1. The van der Waals surface area contributed by atoms with E-state index in [-0.39, 0.29) is 18.3 Å². The Bertz CT molecular complexity index is 876. The maximum atomic E-state index is 14.2. The molecule has 1 fully saturated rings. The van der Waals surface area contributed by atoms with Crippen molar-refractivity contribution in [2.75, 3.05) is 24.6 Å². The molecule has 2 aromatic carbocycles. The molecule has 1 aliphatic heterocycles. The third-order valence-corrected chi connectivity index (χ3v) is 4.98. The van der Waals surface area contributed by atoms with Crippen LogP contribution in [-0.4, -0.2) is 34.4 Å². The molecule has 0 aliphatic carbocycles. The third-order valence-electron chi connectivity index (χ3n) is 4.98. The van der Waals surface area contributed by atoms with Crippen molar-refractivity contribution in [3.8, 4) is 0 Å². The minimum atomic E-state index is -0.196. The van der Waals surface area contributed by atoms with Gasteiger partial charge in [0.1, 0.15) is 5.82 Å². The highest BCUT2D eigenvalue weighted by atomic mass is 19.1. The second-order valence-corrected chi connectivity index (χ2v) is 6.71. The molecule has 3 aromatic rings. The largest absolute Gasteiger partial charge is 0.396 e. The molecule has 0 spiro atoms. The second-order valence-electron chi connectivity index (χ2n) is 6.71. The Kier molecular flexibility index (Phi) is 4.40. The summed E-state index contributed by atoms with van der Waals surface area (Å²) in [7, 11) is 0. The molecular weight excluding hydrogens is 317 g/mol. The summed E-state index contributed by atoms with van der Waals surface area (Å²) in [6.07, 6.45) is 2.08. The van der Waals surface area contributed by atoms with Crippen LogP contribution in [0.5, 0.6) is 0 Å². The van der Waals surface area contributed by atoms with Crippen molar-refractivity contribution >= 4 is 17.0 Å². The highest BCUT2D eigenvalue weighted by Crippen LogP contribution is 2.28. The van der Waals surface area contributed by atoms with Crippen LogP contribution < -0.4 is 4.90 Å². The number of aliphatic hydroxyl groups excluding tert-OH is 1. The molecule has 5 heteroatoms. The van der Waals surface area contributed by atoms with E-state index in [2.05, 4.69) is 9.47 Å². The van der Waals surface area contributed by atoms with Crippen LogP contribution in [0, 0.1) is 11.7 Å². The van der Waals surface area contributed by atoms with E-state index in [0.29, 0.717) is 12.1 Å². The monoisotopic (exact) mass is 339 g/mol. The number of halogens is 1. The number of para-hydroxylation sites is 2. The molecule has 2 heterocycles. The van der Waals surface area contributed by atoms with Crippen LogP contribution in [-0.2, 0) is 6.54 Å². The fourth-order valence-corrected chi connectivity index (χ4v) is 3.65. The lowest BCUT2D eigenvalue weighted by molar-refractivity contribution is 0.208. The molecule has 0 saturated carbocycles. The number of aromatic nitrogens is 2. The zero-order valence-corrected chi connectivity index (χ0v) is 14.1. The number of aliphatic hydroxyl groups is 1. The van der Waals surface area contributed by atoms with Crippen molar-refractivity contribution in [1.82, 2.24) is 9.55 Å². The summed E-state index contributed by atoms with van der Waals surface area (Å²) in [6, 6.07) is 14.9. The Morgan fingerprint density at radius 2 is 1.92 bits per heavy atom. The molecule has 1 N–H and O–H groups in total. The van der Waals surface area contributed by atoms with Gasteiger partial charge in [0.25, 0.3) is 0 Å². The van der Waals surface area contributed by atoms with Gasteiger partial charge in [-0.15, -0.1) is 0 Å². The Balaban J connectivity index is 1.77. The smallest absolute Gasteiger partial charge is 0.206 e. The van der Waals surface area contributed by atoms with E-state index >= 15 is 0 Å². The van der Waals surface area contributed by atoms with Crippen LogP contribution >= 0.6 is 0 Å². The van der Waals surface area contributed by atoms with Gasteiger partial charge < -0.3 is 14.6 Å². The normalized spacial score (nSPS) is 18.0. The molecule has 1 atom stereocenters. The highest BCUT2D eigenvalue weighted by Gasteiger charge is 2.24. The van der Waals surface area contributed by atoms with Crippen LogP contribution in [0.3, 0.4) is 0 Å². The van der Waals surface area contributed by atoms with Crippen molar-refractivity contribution < 1.29 is 9.50 Å². The van der Waals surface area contributed by atoms with Crippen molar-refractivity contribution in [1.29, 1.82) is 0 Å². The van der Waals surface area contributed by atoms with Gasteiger partial charge in [0.05, 0.1) is 17.6 Å². The molecule has 1 saturated heterocycles. The lowest BCUT2D eigenvalue weighted by Crippen LogP contribution is -2.38. The maximum Gasteiger partial charge on any atom is 0.206 e. The van der Waals surface area contributed by atoms with E-state index in [9.17, 15) is 9.50 Å². The number of benzene rings is 2. The quantitative estimate of drug-likeness (QED) is 0.792. The standard InChI is InChI=1S/C20H22FN3O/c21-17-8-2-1-7-16(17)13-24-19-10-4-3-9-18(19)22-20(24)23-11-5-6-15(12-23)14-25/h1-4,7-10,15,25H,5-6,11-14H2/t15-/m1/s1.